The molecule has 0 bridgehead atoms. The Morgan fingerprint density at radius 3 is 2.92 bits per heavy atom. The van der Waals surface area contributed by atoms with Crippen molar-refractivity contribution in [3.63, 3.8) is 0 Å². The van der Waals surface area contributed by atoms with Gasteiger partial charge in [-0.15, -0.1) is 0 Å². The molecular formula is C19H29N3O3. The lowest BCUT2D eigenvalue weighted by atomic mass is 10.1. The summed E-state index contributed by atoms with van der Waals surface area (Å²) in [5.74, 6) is 2.09. The number of piperidine rings is 1. The SMILES string of the molecule is CC(C)CNC(=O)N[C@H]1CCCN(C[C@H]2COc3ccccc3O2)C1. The standard InChI is InChI=1S/C19H29N3O3/c1-14(2)10-20-19(23)21-15-6-5-9-22(11-15)12-16-13-24-17-7-3-4-8-18(17)25-16/h3-4,7-8,14-16H,5-6,9-13H2,1-2H3,(H2,20,21,23)/t15-,16-/m0/s1. The molecule has 0 spiro atoms. The first kappa shape index (κ1) is 17.9. The highest BCUT2D eigenvalue weighted by Crippen LogP contribution is 2.31. The van der Waals surface area contributed by atoms with E-state index < -0.39 is 0 Å². The Bertz CT molecular complexity index is 579. The zero-order chi connectivity index (χ0) is 17.6. The van der Waals surface area contributed by atoms with Gasteiger partial charge in [0, 0.05) is 25.7 Å². The van der Waals surface area contributed by atoms with Crippen LogP contribution >= 0.6 is 0 Å². The molecule has 0 aliphatic carbocycles. The molecule has 0 aromatic heterocycles. The molecule has 0 radical (unpaired) electrons. The number of benzene rings is 1. The van der Waals surface area contributed by atoms with Gasteiger partial charge in [0.15, 0.2) is 11.5 Å². The van der Waals surface area contributed by atoms with Crippen LogP contribution in [0.4, 0.5) is 4.79 Å². The van der Waals surface area contributed by atoms with Gasteiger partial charge < -0.3 is 20.1 Å². The van der Waals surface area contributed by atoms with Gasteiger partial charge in [-0.2, -0.15) is 0 Å². The number of hydrogen-bond acceptors (Lipinski definition) is 4. The number of likely N-dealkylation sites (tertiary alicyclic amines) is 1. The van der Waals surface area contributed by atoms with Gasteiger partial charge in [0.05, 0.1) is 0 Å². The maximum atomic E-state index is 12.0. The van der Waals surface area contributed by atoms with Crippen LogP contribution in [0.2, 0.25) is 0 Å². The van der Waals surface area contributed by atoms with Crippen molar-refractivity contribution in [3.05, 3.63) is 24.3 Å². The number of carbonyl (C=O) groups excluding carboxylic acids is 1. The highest BCUT2D eigenvalue weighted by molar-refractivity contribution is 5.74. The van der Waals surface area contributed by atoms with Crippen molar-refractivity contribution in [2.45, 2.75) is 38.8 Å². The third-order valence-corrected chi connectivity index (χ3v) is 4.54. The maximum absolute atomic E-state index is 12.0. The minimum absolute atomic E-state index is 0.0309. The Hall–Kier alpha value is -1.95. The van der Waals surface area contributed by atoms with Crippen LogP contribution in [0.3, 0.4) is 0 Å². The van der Waals surface area contributed by atoms with Crippen LogP contribution in [0.5, 0.6) is 11.5 Å². The topological polar surface area (TPSA) is 62.8 Å². The number of carbonyl (C=O) groups is 1. The van der Waals surface area contributed by atoms with E-state index in [0.717, 1.165) is 44.0 Å². The highest BCUT2D eigenvalue weighted by atomic mass is 16.6. The van der Waals surface area contributed by atoms with Crippen LogP contribution in [0.25, 0.3) is 0 Å². The molecule has 2 amide bonds. The minimum atomic E-state index is -0.0632. The summed E-state index contributed by atoms with van der Waals surface area (Å²) in [7, 11) is 0. The lowest BCUT2D eigenvalue weighted by Crippen LogP contribution is -2.53. The monoisotopic (exact) mass is 347 g/mol. The van der Waals surface area contributed by atoms with Crippen molar-refractivity contribution >= 4 is 6.03 Å². The second kappa shape index (κ2) is 8.43. The maximum Gasteiger partial charge on any atom is 0.315 e. The van der Waals surface area contributed by atoms with Crippen molar-refractivity contribution in [3.8, 4) is 11.5 Å². The van der Waals surface area contributed by atoms with Crippen molar-refractivity contribution in [1.82, 2.24) is 15.5 Å². The van der Waals surface area contributed by atoms with E-state index in [0.29, 0.717) is 19.1 Å². The van der Waals surface area contributed by atoms with Gasteiger partial charge in [-0.05, 0) is 37.4 Å². The molecule has 6 nitrogen and oxygen atoms in total. The van der Waals surface area contributed by atoms with E-state index >= 15 is 0 Å². The molecule has 2 N–H and O–H groups in total. The fraction of sp³-hybridized carbons (Fsp3) is 0.632. The molecule has 1 aromatic carbocycles. The number of urea groups is 1. The summed E-state index contributed by atoms with van der Waals surface area (Å²) < 4.78 is 11.8. The zero-order valence-electron chi connectivity index (χ0n) is 15.2. The molecule has 3 rings (SSSR count). The van der Waals surface area contributed by atoms with Crippen LogP contribution in [0.1, 0.15) is 26.7 Å². The van der Waals surface area contributed by atoms with E-state index in [1.165, 1.54) is 0 Å². The predicted octanol–water partition coefficient (Wildman–Crippen LogP) is 2.25. The van der Waals surface area contributed by atoms with E-state index in [9.17, 15) is 4.79 Å². The fourth-order valence-electron chi connectivity index (χ4n) is 3.31. The first-order chi connectivity index (χ1) is 12.1. The summed E-state index contributed by atoms with van der Waals surface area (Å²) in [6, 6.07) is 7.92. The van der Waals surface area contributed by atoms with Gasteiger partial charge >= 0.3 is 6.03 Å². The Balaban J connectivity index is 1.45. The Morgan fingerprint density at radius 2 is 2.12 bits per heavy atom. The molecule has 2 aliphatic rings. The lowest BCUT2D eigenvalue weighted by molar-refractivity contribution is 0.0493. The van der Waals surface area contributed by atoms with Crippen molar-refractivity contribution in [2.24, 2.45) is 5.92 Å². The van der Waals surface area contributed by atoms with E-state index in [1.54, 1.807) is 0 Å². The molecule has 1 fully saturated rings. The van der Waals surface area contributed by atoms with E-state index in [-0.39, 0.29) is 18.2 Å². The van der Waals surface area contributed by atoms with Crippen LogP contribution < -0.4 is 20.1 Å². The van der Waals surface area contributed by atoms with Crippen molar-refractivity contribution < 1.29 is 14.3 Å². The number of rotatable bonds is 5. The predicted molar refractivity (Wildman–Crippen MR) is 97.2 cm³/mol. The van der Waals surface area contributed by atoms with Gasteiger partial charge in [-0.3, -0.25) is 4.90 Å². The molecule has 2 aliphatic heterocycles. The smallest absolute Gasteiger partial charge is 0.315 e. The number of nitrogens with zero attached hydrogens (tertiary/aromatic N) is 1. The number of hydrogen-bond donors (Lipinski definition) is 2. The van der Waals surface area contributed by atoms with E-state index in [4.69, 9.17) is 9.47 Å². The van der Waals surface area contributed by atoms with Gasteiger partial charge in [-0.25, -0.2) is 4.79 Å². The minimum Gasteiger partial charge on any atom is -0.486 e. The summed E-state index contributed by atoms with van der Waals surface area (Å²) in [4.78, 5) is 14.3. The average molecular weight is 347 g/mol. The van der Waals surface area contributed by atoms with E-state index in [2.05, 4.69) is 29.4 Å². The second-order valence-corrected chi connectivity index (χ2v) is 7.34. The quantitative estimate of drug-likeness (QED) is 0.858. The zero-order valence-corrected chi connectivity index (χ0v) is 15.2. The van der Waals surface area contributed by atoms with E-state index in [1.807, 2.05) is 24.3 Å². The highest BCUT2D eigenvalue weighted by Gasteiger charge is 2.27. The van der Waals surface area contributed by atoms with Gasteiger partial charge in [-0.1, -0.05) is 26.0 Å². The molecular weight excluding hydrogens is 318 g/mol. The van der Waals surface area contributed by atoms with Crippen molar-refractivity contribution in [1.29, 1.82) is 0 Å². The Kier molecular flexibility index (Phi) is 6.02. The molecule has 2 heterocycles. The molecule has 25 heavy (non-hydrogen) atoms. The van der Waals surface area contributed by atoms with Gasteiger partial charge in [0.25, 0.3) is 0 Å². The summed E-state index contributed by atoms with van der Waals surface area (Å²) in [5.41, 5.74) is 0. The summed E-state index contributed by atoms with van der Waals surface area (Å²) in [6.07, 6.45) is 2.14. The lowest BCUT2D eigenvalue weighted by Gasteiger charge is -2.36. The first-order valence-corrected chi connectivity index (χ1v) is 9.25. The summed E-state index contributed by atoms with van der Waals surface area (Å²) in [5, 5.41) is 6.02. The van der Waals surface area contributed by atoms with Crippen LogP contribution in [0.15, 0.2) is 24.3 Å². The molecule has 0 unspecified atom stereocenters. The molecule has 1 saturated heterocycles. The third-order valence-electron chi connectivity index (χ3n) is 4.54. The van der Waals surface area contributed by atoms with Gasteiger partial charge in [0.2, 0.25) is 0 Å². The fourth-order valence-corrected chi connectivity index (χ4v) is 3.31. The third kappa shape index (κ3) is 5.26. The van der Waals surface area contributed by atoms with Crippen LogP contribution in [0, 0.1) is 5.92 Å². The Morgan fingerprint density at radius 1 is 1.32 bits per heavy atom. The Labute approximate surface area is 149 Å². The first-order valence-electron chi connectivity index (χ1n) is 9.25. The number of amides is 2. The molecule has 138 valence electrons. The number of para-hydroxylation sites is 2. The second-order valence-electron chi connectivity index (χ2n) is 7.34. The van der Waals surface area contributed by atoms with Crippen LogP contribution in [-0.4, -0.2) is 55.9 Å². The number of nitrogens with one attached hydrogen (secondary N) is 2. The summed E-state index contributed by atoms with van der Waals surface area (Å²) >= 11 is 0. The molecule has 2 atom stereocenters. The van der Waals surface area contributed by atoms with Gasteiger partial charge in [0.1, 0.15) is 12.7 Å². The number of ether oxygens (including phenoxy) is 2. The largest absolute Gasteiger partial charge is 0.486 e. The molecule has 0 saturated carbocycles. The summed E-state index contributed by atoms with van der Waals surface area (Å²) in [6.45, 7) is 8.17. The average Bonchev–Trinajstić information content (AvgIpc) is 2.60. The number of fused-ring (bicyclic) bond motifs is 1. The van der Waals surface area contributed by atoms with Crippen LogP contribution in [-0.2, 0) is 0 Å². The normalized spacial score (nSPS) is 23.3. The van der Waals surface area contributed by atoms with Crippen molar-refractivity contribution in [2.75, 3.05) is 32.8 Å². The molecule has 6 heteroatoms. The molecule has 1 aromatic rings.